The zero-order valence-electron chi connectivity index (χ0n) is 6.54. The van der Waals surface area contributed by atoms with Gasteiger partial charge < -0.3 is 5.11 Å². The Balaban J connectivity index is 3.84. The van der Waals surface area contributed by atoms with Gasteiger partial charge in [0.2, 0.25) is 6.08 Å². The lowest BCUT2D eigenvalue weighted by Gasteiger charge is -1.97. The number of carbonyl (C=O) groups is 1. The number of hydrogen-bond acceptors (Lipinski definition) is 3. The van der Waals surface area contributed by atoms with Gasteiger partial charge in [-0.15, -0.1) is 0 Å². The molecule has 0 aliphatic heterocycles. The van der Waals surface area contributed by atoms with Crippen molar-refractivity contribution in [3.8, 4) is 0 Å². The van der Waals surface area contributed by atoms with Crippen molar-refractivity contribution in [3.63, 3.8) is 0 Å². The van der Waals surface area contributed by atoms with E-state index in [1.165, 1.54) is 6.08 Å². The molecule has 4 heteroatoms. The number of aliphatic carboxylic acids is 1. The van der Waals surface area contributed by atoms with Crippen LogP contribution in [0.4, 0.5) is 0 Å². The van der Waals surface area contributed by atoms with Gasteiger partial charge in [0, 0.05) is 11.3 Å². The lowest BCUT2D eigenvalue weighted by atomic mass is 10.1. The molecule has 0 aliphatic rings. The molecule has 0 saturated carbocycles. The molecule has 0 amide bonds. The quantitative estimate of drug-likeness (QED) is 0.380. The Morgan fingerprint density at radius 2 is 2.00 bits per heavy atom. The molecule has 12 heavy (non-hydrogen) atoms. The van der Waals surface area contributed by atoms with E-state index in [0.717, 1.165) is 0 Å². The largest absolute Gasteiger partial charge is 0.478 e. The molecule has 0 aromatic rings. The number of aliphatic imine (C=N–C) groups is 1. The van der Waals surface area contributed by atoms with Gasteiger partial charge in [0.05, 0.1) is 0 Å². The number of carbonyl (C=O) groups excluding carboxylic acids is 1. The van der Waals surface area contributed by atoms with Gasteiger partial charge in [-0.3, -0.25) is 0 Å². The van der Waals surface area contributed by atoms with E-state index in [1.807, 2.05) is 0 Å². The molecule has 0 spiro atoms. The average molecular weight is 167 g/mol. The van der Waals surface area contributed by atoms with Crippen LogP contribution in [0, 0.1) is 0 Å². The summed E-state index contributed by atoms with van der Waals surface area (Å²) in [6.45, 7) is 6.72. The first-order valence-corrected chi connectivity index (χ1v) is 3.24. The third-order valence-corrected chi connectivity index (χ3v) is 1.22. The van der Waals surface area contributed by atoms with Crippen molar-refractivity contribution in [1.82, 2.24) is 0 Å². The van der Waals surface area contributed by atoms with Crippen molar-refractivity contribution in [2.75, 3.05) is 0 Å². The number of nitrogens with zero attached hydrogens (tertiary/aromatic N) is 1. The molecule has 0 aromatic heterocycles. The van der Waals surface area contributed by atoms with Gasteiger partial charge in [-0.2, -0.15) is 4.99 Å². The monoisotopic (exact) mass is 167 g/mol. The fourth-order valence-corrected chi connectivity index (χ4v) is 0.523. The van der Waals surface area contributed by atoms with Gasteiger partial charge >= 0.3 is 5.97 Å². The summed E-state index contributed by atoms with van der Waals surface area (Å²) in [5, 5.41) is 8.39. The van der Waals surface area contributed by atoms with Crippen molar-refractivity contribution in [2.45, 2.75) is 12.8 Å². The minimum Gasteiger partial charge on any atom is -0.478 e. The Morgan fingerprint density at radius 1 is 1.42 bits per heavy atom. The molecule has 4 nitrogen and oxygen atoms in total. The van der Waals surface area contributed by atoms with Crippen LogP contribution in [0.2, 0.25) is 0 Å². The Morgan fingerprint density at radius 3 is 2.42 bits per heavy atom. The van der Waals surface area contributed by atoms with Crippen LogP contribution in [0.1, 0.15) is 12.8 Å². The molecule has 0 fully saturated rings. The van der Waals surface area contributed by atoms with E-state index in [0.29, 0.717) is 12.1 Å². The molecule has 0 saturated heterocycles. The Labute approximate surface area is 69.9 Å². The maximum Gasteiger partial charge on any atom is 0.330 e. The van der Waals surface area contributed by atoms with E-state index in [2.05, 4.69) is 18.2 Å². The van der Waals surface area contributed by atoms with E-state index < -0.39 is 5.97 Å². The van der Waals surface area contributed by atoms with Crippen molar-refractivity contribution in [3.05, 3.63) is 24.4 Å². The van der Waals surface area contributed by atoms with Crippen LogP contribution in [0.25, 0.3) is 0 Å². The lowest BCUT2D eigenvalue weighted by Crippen LogP contribution is -1.98. The SMILES string of the molecule is C=C(CCC(=C)C(=O)O)N=C=O. The van der Waals surface area contributed by atoms with Gasteiger partial charge in [0.25, 0.3) is 0 Å². The molecule has 0 bridgehead atoms. The Bertz CT molecular complexity index is 247. The number of isocyanates is 1. The normalized spacial score (nSPS) is 8.33. The van der Waals surface area contributed by atoms with Crippen LogP contribution in [0.15, 0.2) is 29.4 Å². The smallest absolute Gasteiger partial charge is 0.330 e. The minimum absolute atomic E-state index is 0.0808. The topological polar surface area (TPSA) is 66.7 Å². The summed E-state index contributed by atoms with van der Waals surface area (Å²) in [5.74, 6) is -1.04. The highest BCUT2D eigenvalue weighted by molar-refractivity contribution is 5.85. The fourth-order valence-electron chi connectivity index (χ4n) is 0.523. The number of carboxylic acids is 1. The first kappa shape index (κ1) is 10.3. The van der Waals surface area contributed by atoms with Crippen molar-refractivity contribution in [1.29, 1.82) is 0 Å². The molecule has 64 valence electrons. The number of carboxylic acid groups (broad SMARTS) is 1. The number of rotatable bonds is 5. The van der Waals surface area contributed by atoms with Gasteiger partial charge in [-0.1, -0.05) is 13.2 Å². The van der Waals surface area contributed by atoms with Gasteiger partial charge in [-0.05, 0) is 12.8 Å². The minimum atomic E-state index is -1.04. The predicted octanol–water partition coefficient (Wildman–Crippen LogP) is 1.26. The maximum absolute atomic E-state index is 10.2. The van der Waals surface area contributed by atoms with Crippen LogP contribution < -0.4 is 0 Å². The van der Waals surface area contributed by atoms with Crippen LogP contribution in [-0.4, -0.2) is 17.2 Å². The zero-order valence-corrected chi connectivity index (χ0v) is 6.54. The van der Waals surface area contributed by atoms with Crippen molar-refractivity contribution in [2.24, 2.45) is 4.99 Å². The molecule has 1 N–H and O–H groups in total. The van der Waals surface area contributed by atoms with Crippen LogP contribution in [0.3, 0.4) is 0 Å². The molecular weight excluding hydrogens is 158 g/mol. The van der Waals surface area contributed by atoms with Gasteiger partial charge in [-0.25, -0.2) is 9.59 Å². The summed E-state index contributed by atoms with van der Waals surface area (Å²) >= 11 is 0. The molecule has 0 radical (unpaired) electrons. The number of hydrogen-bond donors (Lipinski definition) is 1. The van der Waals surface area contributed by atoms with Crippen LogP contribution >= 0.6 is 0 Å². The third-order valence-electron chi connectivity index (χ3n) is 1.22. The molecule has 0 atom stereocenters. The summed E-state index contributed by atoms with van der Waals surface area (Å²) in [6, 6.07) is 0. The fraction of sp³-hybridized carbons (Fsp3) is 0.250. The summed E-state index contributed by atoms with van der Waals surface area (Å²) < 4.78 is 0. The first-order valence-electron chi connectivity index (χ1n) is 3.24. The average Bonchev–Trinajstić information content (AvgIpc) is 2.00. The van der Waals surface area contributed by atoms with Crippen LogP contribution in [0.5, 0.6) is 0 Å². The lowest BCUT2D eigenvalue weighted by molar-refractivity contribution is -0.132. The Kier molecular flexibility index (Phi) is 4.34. The Hall–Kier alpha value is -1.67. The molecule has 0 aromatic carbocycles. The van der Waals surface area contributed by atoms with E-state index in [4.69, 9.17) is 5.11 Å². The van der Waals surface area contributed by atoms with E-state index in [1.54, 1.807) is 0 Å². The highest BCUT2D eigenvalue weighted by Gasteiger charge is 2.03. The van der Waals surface area contributed by atoms with E-state index in [-0.39, 0.29) is 12.0 Å². The standard InChI is InChI=1S/C8H9NO3/c1-6(8(11)12)3-4-7(2)9-5-10/h1-4H2,(H,11,12). The van der Waals surface area contributed by atoms with Crippen molar-refractivity contribution < 1.29 is 14.7 Å². The van der Waals surface area contributed by atoms with E-state index >= 15 is 0 Å². The van der Waals surface area contributed by atoms with Crippen molar-refractivity contribution >= 4 is 12.0 Å². The second kappa shape index (κ2) is 5.04. The molecule has 0 unspecified atom stereocenters. The second-order valence-electron chi connectivity index (χ2n) is 2.18. The summed E-state index contributed by atoms with van der Waals surface area (Å²) in [5.41, 5.74) is 0.393. The molecular formula is C8H9NO3. The summed E-state index contributed by atoms with van der Waals surface area (Å²) in [6.07, 6.45) is 1.89. The molecule has 0 aliphatic carbocycles. The van der Waals surface area contributed by atoms with Gasteiger partial charge in [0.15, 0.2) is 0 Å². The molecule has 0 heterocycles. The number of allylic oxidation sites excluding steroid dienone is 1. The third kappa shape index (κ3) is 4.19. The van der Waals surface area contributed by atoms with Crippen LogP contribution in [-0.2, 0) is 9.59 Å². The second-order valence-corrected chi connectivity index (χ2v) is 2.18. The summed E-state index contributed by atoms with van der Waals surface area (Å²) in [7, 11) is 0. The maximum atomic E-state index is 10.2. The first-order chi connectivity index (χ1) is 5.57. The predicted molar refractivity (Wildman–Crippen MR) is 43.3 cm³/mol. The summed E-state index contributed by atoms with van der Waals surface area (Å²) in [4.78, 5) is 23.2. The van der Waals surface area contributed by atoms with E-state index in [9.17, 15) is 9.59 Å². The highest BCUT2D eigenvalue weighted by atomic mass is 16.4. The molecule has 0 rings (SSSR count). The zero-order chi connectivity index (χ0) is 9.56. The highest BCUT2D eigenvalue weighted by Crippen LogP contribution is 2.08. The van der Waals surface area contributed by atoms with Gasteiger partial charge in [0.1, 0.15) is 0 Å².